The van der Waals surface area contributed by atoms with Crippen molar-refractivity contribution >= 4 is 23.5 Å². The molecule has 6 heteroatoms. The molecule has 2 aromatic carbocycles. The number of anilines is 1. The molecule has 0 saturated heterocycles. The van der Waals surface area contributed by atoms with Crippen molar-refractivity contribution < 1.29 is 9.18 Å². The number of halogens is 1. The molecule has 120 valence electrons. The SMILES string of the molecule is O=C(Nc1ccc(SCc2ccccc2F)nn1)c1ccccc1. The molecule has 0 aliphatic rings. The van der Waals surface area contributed by atoms with Crippen molar-refractivity contribution in [1.82, 2.24) is 10.2 Å². The van der Waals surface area contributed by atoms with Gasteiger partial charge in [-0.05, 0) is 35.9 Å². The van der Waals surface area contributed by atoms with Crippen molar-refractivity contribution in [3.05, 3.63) is 83.7 Å². The summed E-state index contributed by atoms with van der Waals surface area (Å²) in [4.78, 5) is 12.0. The van der Waals surface area contributed by atoms with Gasteiger partial charge in [-0.25, -0.2) is 4.39 Å². The van der Waals surface area contributed by atoms with Crippen LogP contribution in [0.25, 0.3) is 0 Å². The number of carbonyl (C=O) groups excluding carboxylic acids is 1. The Balaban J connectivity index is 1.59. The van der Waals surface area contributed by atoms with Crippen LogP contribution in [-0.4, -0.2) is 16.1 Å². The van der Waals surface area contributed by atoms with Gasteiger partial charge in [0.05, 0.1) is 0 Å². The van der Waals surface area contributed by atoms with Crippen molar-refractivity contribution in [3.63, 3.8) is 0 Å². The highest BCUT2D eigenvalue weighted by Gasteiger charge is 2.07. The van der Waals surface area contributed by atoms with Gasteiger partial charge in [0.25, 0.3) is 5.91 Å². The van der Waals surface area contributed by atoms with Crippen molar-refractivity contribution in [2.24, 2.45) is 0 Å². The maximum absolute atomic E-state index is 13.6. The molecule has 1 aromatic heterocycles. The predicted octanol–water partition coefficient (Wildman–Crippen LogP) is 4.16. The third kappa shape index (κ3) is 4.17. The van der Waals surface area contributed by atoms with E-state index in [9.17, 15) is 9.18 Å². The molecule has 0 atom stereocenters. The van der Waals surface area contributed by atoms with E-state index in [4.69, 9.17) is 0 Å². The highest BCUT2D eigenvalue weighted by molar-refractivity contribution is 7.98. The van der Waals surface area contributed by atoms with Crippen LogP contribution in [0.2, 0.25) is 0 Å². The van der Waals surface area contributed by atoms with E-state index in [1.165, 1.54) is 17.8 Å². The number of hydrogen-bond donors (Lipinski definition) is 1. The number of aromatic nitrogens is 2. The van der Waals surface area contributed by atoms with Gasteiger partial charge < -0.3 is 5.32 Å². The van der Waals surface area contributed by atoms with E-state index in [1.54, 1.807) is 54.6 Å². The Bertz CT molecular complexity index is 825. The molecule has 0 aliphatic carbocycles. The van der Waals surface area contributed by atoms with Gasteiger partial charge in [0, 0.05) is 11.3 Å². The minimum Gasteiger partial charge on any atom is -0.305 e. The zero-order valence-electron chi connectivity index (χ0n) is 12.6. The van der Waals surface area contributed by atoms with Gasteiger partial charge in [-0.1, -0.05) is 48.2 Å². The van der Waals surface area contributed by atoms with Crippen LogP contribution in [-0.2, 0) is 5.75 Å². The summed E-state index contributed by atoms with van der Waals surface area (Å²) in [6.07, 6.45) is 0. The topological polar surface area (TPSA) is 54.9 Å². The standard InChI is InChI=1S/C18H14FN3OS/c19-15-9-5-4-8-14(15)12-24-17-11-10-16(21-22-17)20-18(23)13-6-2-1-3-7-13/h1-11H,12H2,(H,20,21,23). The Hall–Kier alpha value is -2.73. The van der Waals surface area contributed by atoms with Crippen LogP contribution in [0.5, 0.6) is 0 Å². The number of nitrogens with zero attached hydrogens (tertiary/aromatic N) is 2. The maximum Gasteiger partial charge on any atom is 0.256 e. The van der Waals surface area contributed by atoms with Gasteiger partial charge in [-0.3, -0.25) is 4.79 Å². The molecule has 24 heavy (non-hydrogen) atoms. The van der Waals surface area contributed by atoms with Crippen LogP contribution in [0.3, 0.4) is 0 Å². The lowest BCUT2D eigenvalue weighted by molar-refractivity contribution is 0.102. The summed E-state index contributed by atoms with van der Waals surface area (Å²) in [5.41, 5.74) is 1.17. The molecule has 1 amide bonds. The molecule has 0 spiro atoms. The second-order valence-corrected chi connectivity index (χ2v) is 5.95. The van der Waals surface area contributed by atoms with Crippen LogP contribution in [0.1, 0.15) is 15.9 Å². The fraction of sp³-hybridized carbons (Fsp3) is 0.0556. The number of nitrogens with one attached hydrogen (secondary N) is 1. The quantitative estimate of drug-likeness (QED) is 0.709. The predicted molar refractivity (Wildman–Crippen MR) is 92.4 cm³/mol. The molecule has 4 nitrogen and oxygen atoms in total. The number of carbonyl (C=O) groups is 1. The van der Waals surface area contributed by atoms with E-state index in [-0.39, 0.29) is 11.7 Å². The maximum atomic E-state index is 13.6. The van der Waals surface area contributed by atoms with Gasteiger partial charge in [0.15, 0.2) is 5.82 Å². The van der Waals surface area contributed by atoms with Crippen molar-refractivity contribution in [3.8, 4) is 0 Å². The average molecular weight is 339 g/mol. The first kappa shape index (κ1) is 16.1. The first-order valence-electron chi connectivity index (χ1n) is 7.29. The van der Waals surface area contributed by atoms with Crippen LogP contribution in [0.4, 0.5) is 10.2 Å². The largest absolute Gasteiger partial charge is 0.305 e. The normalized spacial score (nSPS) is 10.4. The summed E-state index contributed by atoms with van der Waals surface area (Å²) >= 11 is 1.39. The van der Waals surface area contributed by atoms with Gasteiger partial charge >= 0.3 is 0 Å². The summed E-state index contributed by atoms with van der Waals surface area (Å²) in [5.74, 6) is 0.373. The lowest BCUT2D eigenvalue weighted by Crippen LogP contribution is -2.13. The van der Waals surface area contributed by atoms with Gasteiger partial charge in [0.1, 0.15) is 10.8 Å². The molecule has 0 aliphatic heterocycles. The molecule has 0 saturated carbocycles. The molecule has 0 fully saturated rings. The minimum atomic E-state index is -0.239. The molecular formula is C18H14FN3OS. The number of benzene rings is 2. The van der Waals surface area contributed by atoms with Crippen LogP contribution in [0, 0.1) is 5.82 Å². The van der Waals surface area contributed by atoms with Crippen molar-refractivity contribution in [1.29, 1.82) is 0 Å². The smallest absolute Gasteiger partial charge is 0.256 e. The molecule has 3 aromatic rings. The summed E-state index contributed by atoms with van der Waals surface area (Å²) in [5, 5.41) is 11.4. The lowest BCUT2D eigenvalue weighted by Gasteiger charge is -2.05. The lowest BCUT2D eigenvalue weighted by atomic mass is 10.2. The Morgan fingerprint density at radius 3 is 2.42 bits per heavy atom. The fourth-order valence-corrected chi connectivity index (χ4v) is 2.81. The zero-order chi connectivity index (χ0) is 16.8. The van der Waals surface area contributed by atoms with Gasteiger partial charge in [-0.2, -0.15) is 0 Å². The average Bonchev–Trinajstić information content (AvgIpc) is 2.63. The van der Waals surface area contributed by atoms with E-state index in [0.29, 0.717) is 27.7 Å². The first-order chi connectivity index (χ1) is 11.7. The van der Waals surface area contributed by atoms with Crippen molar-refractivity contribution in [2.75, 3.05) is 5.32 Å². The number of rotatable bonds is 5. The van der Waals surface area contributed by atoms with Crippen molar-refractivity contribution in [2.45, 2.75) is 10.8 Å². The molecule has 3 rings (SSSR count). The van der Waals surface area contributed by atoms with Gasteiger partial charge in [0.2, 0.25) is 0 Å². The monoisotopic (exact) mass is 339 g/mol. The Kier molecular flexibility index (Phi) is 5.18. The summed E-state index contributed by atoms with van der Waals surface area (Å²) in [7, 11) is 0. The Labute approximate surface area is 143 Å². The summed E-state index contributed by atoms with van der Waals surface area (Å²) in [6, 6.07) is 18.9. The van der Waals surface area contributed by atoms with E-state index < -0.39 is 0 Å². The number of amides is 1. The highest BCUT2D eigenvalue weighted by atomic mass is 32.2. The van der Waals surface area contributed by atoms with E-state index in [2.05, 4.69) is 15.5 Å². The Morgan fingerprint density at radius 1 is 0.958 bits per heavy atom. The fourth-order valence-electron chi connectivity index (χ4n) is 2.01. The van der Waals surface area contributed by atoms with E-state index in [0.717, 1.165) is 0 Å². The van der Waals surface area contributed by atoms with Crippen LogP contribution >= 0.6 is 11.8 Å². The number of hydrogen-bond acceptors (Lipinski definition) is 4. The second kappa shape index (κ2) is 7.70. The van der Waals surface area contributed by atoms with E-state index in [1.807, 2.05) is 6.07 Å². The zero-order valence-corrected chi connectivity index (χ0v) is 13.5. The number of thioether (sulfide) groups is 1. The van der Waals surface area contributed by atoms with Crippen LogP contribution in [0.15, 0.2) is 71.8 Å². The summed E-state index contributed by atoms with van der Waals surface area (Å²) < 4.78 is 13.6. The summed E-state index contributed by atoms with van der Waals surface area (Å²) in [6.45, 7) is 0. The second-order valence-electron chi connectivity index (χ2n) is 4.96. The molecule has 0 bridgehead atoms. The molecule has 1 N–H and O–H groups in total. The third-order valence-electron chi connectivity index (χ3n) is 3.25. The Morgan fingerprint density at radius 2 is 1.71 bits per heavy atom. The third-order valence-corrected chi connectivity index (χ3v) is 4.22. The van der Waals surface area contributed by atoms with Gasteiger partial charge in [-0.15, -0.1) is 10.2 Å². The molecule has 1 heterocycles. The molecular weight excluding hydrogens is 325 g/mol. The van der Waals surface area contributed by atoms with E-state index >= 15 is 0 Å². The van der Waals surface area contributed by atoms with Crippen LogP contribution < -0.4 is 5.32 Å². The molecule has 0 unspecified atom stereocenters. The molecule has 0 radical (unpaired) electrons. The highest BCUT2D eigenvalue weighted by Crippen LogP contribution is 2.22. The minimum absolute atomic E-state index is 0.232. The first-order valence-corrected chi connectivity index (χ1v) is 8.27.